The number of amides is 1. The molecule has 1 atom stereocenters. The number of carboxylic acid groups (broad SMARTS) is 1. The van der Waals surface area contributed by atoms with E-state index in [2.05, 4.69) is 5.10 Å². The lowest BCUT2D eigenvalue weighted by atomic mass is 10.0. The number of aliphatic carboxylic acids is 1. The first kappa shape index (κ1) is 14.3. The molecule has 2 aromatic rings. The predicted octanol–water partition coefficient (Wildman–Crippen LogP) is 2.29. The third kappa shape index (κ3) is 2.26. The third-order valence-electron chi connectivity index (χ3n) is 3.87. The Morgan fingerprint density at radius 3 is 2.64 bits per heavy atom. The Balaban J connectivity index is 1.95. The molecule has 114 valence electrons. The Morgan fingerprint density at radius 2 is 2.00 bits per heavy atom. The molecule has 1 N–H and O–H groups in total. The topological polar surface area (TPSA) is 75.4 Å². The molecule has 1 aliphatic heterocycles. The van der Waals surface area contributed by atoms with Crippen LogP contribution in [0.4, 0.5) is 5.69 Å². The quantitative estimate of drug-likeness (QED) is 0.943. The first-order valence-corrected chi connectivity index (χ1v) is 7.17. The summed E-state index contributed by atoms with van der Waals surface area (Å²) in [7, 11) is 0. The van der Waals surface area contributed by atoms with Crippen LogP contribution in [0.15, 0.2) is 36.5 Å². The van der Waals surface area contributed by atoms with Gasteiger partial charge >= 0.3 is 5.97 Å². The van der Waals surface area contributed by atoms with E-state index in [0.29, 0.717) is 16.9 Å². The van der Waals surface area contributed by atoms with Crippen molar-refractivity contribution < 1.29 is 14.7 Å². The van der Waals surface area contributed by atoms with Crippen LogP contribution >= 0.6 is 0 Å². The van der Waals surface area contributed by atoms with Crippen LogP contribution in [0.5, 0.6) is 0 Å². The van der Waals surface area contributed by atoms with Gasteiger partial charge in [0.1, 0.15) is 5.92 Å². The maximum atomic E-state index is 12.7. The average molecular weight is 299 g/mol. The van der Waals surface area contributed by atoms with Crippen molar-refractivity contribution in [2.24, 2.45) is 0 Å². The molecule has 1 amide bonds. The number of benzene rings is 1. The molecule has 0 bridgehead atoms. The molecule has 1 unspecified atom stereocenters. The van der Waals surface area contributed by atoms with Crippen molar-refractivity contribution in [3.05, 3.63) is 47.8 Å². The minimum atomic E-state index is -0.921. The van der Waals surface area contributed by atoms with Crippen molar-refractivity contribution >= 4 is 17.6 Å². The second kappa shape index (κ2) is 5.29. The molecule has 6 heteroatoms. The van der Waals surface area contributed by atoms with E-state index < -0.39 is 11.9 Å². The van der Waals surface area contributed by atoms with Gasteiger partial charge < -0.3 is 10.0 Å². The predicted molar refractivity (Wildman–Crippen MR) is 81.1 cm³/mol. The van der Waals surface area contributed by atoms with Crippen LogP contribution in [-0.4, -0.2) is 33.3 Å². The normalized spacial score (nSPS) is 16.9. The zero-order valence-corrected chi connectivity index (χ0v) is 12.4. The van der Waals surface area contributed by atoms with Gasteiger partial charge in [-0.2, -0.15) is 5.10 Å². The monoisotopic (exact) mass is 299 g/mol. The number of carbonyl (C=O) groups excluding carboxylic acids is 1. The van der Waals surface area contributed by atoms with E-state index in [1.807, 2.05) is 13.8 Å². The van der Waals surface area contributed by atoms with Crippen molar-refractivity contribution in [2.75, 3.05) is 11.4 Å². The number of para-hydroxylation sites is 1. The lowest BCUT2D eigenvalue weighted by Gasteiger charge is -2.16. The summed E-state index contributed by atoms with van der Waals surface area (Å²) in [5, 5.41) is 13.6. The summed E-state index contributed by atoms with van der Waals surface area (Å²) in [6.07, 6.45) is 1.76. The number of nitrogens with zero attached hydrogens (tertiary/aromatic N) is 3. The molecule has 0 radical (unpaired) electrons. The highest BCUT2D eigenvalue weighted by molar-refractivity contribution is 6.07. The number of hydrogen-bond acceptors (Lipinski definition) is 3. The molecule has 3 rings (SSSR count). The molecule has 1 aromatic carbocycles. The summed E-state index contributed by atoms with van der Waals surface area (Å²) in [5.41, 5.74) is 1.65. The fraction of sp³-hybridized carbons (Fsp3) is 0.312. The number of aromatic nitrogens is 2. The van der Waals surface area contributed by atoms with Crippen molar-refractivity contribution in [3.63, 3.8) is 0 Å². The van der Waals surface area contributed by atoms with Crippen LogP contribution in [0.1, 0.15) is 41.9 Å². The largest absolute Gasteiger partial charge is 0.481 e. The van der Waals surface area contributed by atoms with Crippen LogP contribution in [-0.2, 0) is 4.79 Å². The smallest absolute Gasteiger partial charge is 0.312 e. The van der Waals surface area contributed by atoms with Crippen LogP contribution < -0.4 is 4.90 Å². The van der Waals surface area contributed by atoms with Gasteiger partial charge in [-0.05, 0) is 31.5 Å². The Hall–Kier alpha value is -2.63. The highest BCUT2D eigenvalue weighted by atomic mass is 16.4. The summed E-state index contributed by atoms with van der Waals surface area (Å²) in [6.45, 7) is 4.10. The highest BCUT2D eigenvalue weighted by Gasteiger charge is 2.37. The van der Waals surface area contributed by atoms with E-state index in [0.717, 1.165) is 0 Å². The summed E-state index contributed by atoms with van der Waals surface area (Å²) in [6, 6.07) is 8.95. The first-order valence-electron chi connectivity index (χ1n) is 7.17. The van der Waals surface area contributed by atoms with Gasteiger partial charge in [-0.25, -0.2) is 0 Å². The van der Waals surface area contributed by atoms with Gasteiger partial charge in [0.05, 0.1) is 0 Å². The minimum Gasteiger partial charge on any atom is -0.481 e. The van der Waals surface area contributed by atoms with Crippen molar-refractivity contribution in [1.29, 1.82) is 0 Å². The molecule has 0 spiro atoms. The fourth-order valence-corrected chi connectivity index (χ4v) is 2.69. The van der Waals surface area contributed by atoms with E-state index in [1.165, 1.54) is 4.90 Å². The molecule has 0 saturated heterocycles. The summed E-state index contributed by atoms with van der Waals surface area (Å²) < 4.78 is 1.71. The molecule has 2 heterocycles. The van der Waals surface area contributed by atoms with Crippen LogP contribution in [0.25, 0.3) is 0 Å². The SMILES string of the molecule is CC(C)n1ccc(C(=O)N2CC(C(=O)O)c3ccccc32)n1. The number of fused-ring (bicyclic) bond motifs is 1. The Kier molecular flexibility index (Phi) is 3.44. The van der Waals surface area contributed by atoms with Crippen LogP contribution in [0, 0.1) is 0 Å². The summed E-state index contributed by atoms with van der Waals surface area (Å²) >= 11 is 0. The fourth-order valence-electron chi connectivity index (χ4n) is 2.69. The molecule has 22 heavy (non-hydrogen) atoms. The molecule has 0 saturated carbocycles. The maximum Gasteiger partial charge on any atom is 0.312 e. The number of rotatable bonds is 3. The maximum absolute atomic E-state index is 12.7. The summed E-state index contributed by atoms with van der Waals surface area (Å²) in [5.74, 6) is -1.88. The van der Waals surface area contributed by atoms with Gasteiger partial charge in [0.25, 0.3) is 5.91 Å². The standard InChI is InChI=1S/C16H17N3O3/c1-10(2)19-8-7-13(17-19)15(20)18-9-12(16(21)22)11-5-3-4-6-14(11)18/h3-8,10,12H,9H2,1-2H3,(H,21,22). The van der Waals surface area contributed by atoms with Gasteiger partial charge in [0.15, 0.2) is 5.69 Å². The zero-order chi connectivity index (χ0) is 15.9. The van der Waals surface area contributed by atoms with Crippen molar-refractivity contribution in [2.45, 2.75) is 25.8 Å². The second-order valence-electron chi connectivity index (χ2n) is 5.64. The number of anilines is 1. The molecular formula is C16H17N3O3. The lowest BCUT2D eigenvalue weighted by molar-refractivity contribution is -0.138. The van der Waals surface area contributed by atoms with Gasteiger partial charge in [-0.3, -0.25) is 14.3 Å². The van der Waals surface area contributed by atoms with Gasteiger partial charge in [0.2, 0.25) is 0 Å². The first-order chi connectivity index (χ1) is 10.5. The molecule has 0 aliphatic carbocycles. The molecule has 1 aromatic heterocycles. The van der Waals surface area contributed by atoms with Crippen molar-refractivity contribution in [1.82, 2.24) is 9.78 Å². The van der Waals surface area contributed by atoms with E-state index in [9.17, 15) is 14.7 Å². The summed E-state index contributed by atoms with van der Waals surface area (Å²) in [4.78, 5) is 25.6. The molecular weight excluding hydrogens is 282 g/mol. The Labute approximate surface area is 128 Å². The highest BCUT2D eigenvalue weighted by Crippen LogP contribution is 2.36. The van der Waals surface area contributed by atoms with Gasteiger partial charge in [0, 0.05) is 24.5 Å². The number of carbonyl (C=O) groups is 2. The van der Waals surface area contributed by atoms with Crippen LogP contribution in [0.2, 0.25) is 0 Å². The Bertz CT molecular complexity index is 736. The van der Waals surface area contributed by atoms with Crippen LogP contribution in [0.3, 0.4) is 0 Å². The van der Waals surface area contributed by atoms with E-state index >= 15 is 0 Å². The number of carboxylic acids is 1. The van der Waals surface area contributed by atoms with Gasteiger partial charge in [-0.15, -0.1) is 0 Å². The third-order valence-corrected chi connectivity index (χ3v) is 3.87. The molecule has 6 nitrogen and oxygen atoms in total. The second-order valence-corrected chi connectivity index (χ2v) is 5.64. The van der Waals surface area contributed by atoms with E-state index in [-0.39, 0.29) is 18.5 Å². The lowest BCUT2D eigenvalue weighted by Crippen LogP contribution is -2.31. The molecule has 0 fully saturated rings. The van der Waals surface area contributed by atoms with Gasteiger partial charge in [-0.1, -0.05) is 18.2 Å². The average Bonchev–Trinajstić information content (AvgIpc) is 3.12. The number of hydrogen-bond donors (Lipinski definition) is 1. The van der Waals surface area contributed by atoms with Crippen molar-refractivity contribution in [3.8, 4) is 0 Å². The minimum absolute atomic E-state index is 0.141. The molecule has 1 aliphatic rings. The van der Waals surface area contributed by atoms with E-state index in [4.69, 9.17) is 0 Å². The van der Waals surface area contributed by atoms with E-state index in [1.54, 1.807) is 41.2 Å². The zero-order valence-electron chi connectivity index (χ0n) is 12.4. The Morgan fingerprint density at radius 1 is 1.27 bits per heavy atom.